The molecule has 0 aliphatic carbocycles. The van der Waals surface area contributed by atoms with Crippen molar-refractivity contribution in [2.24, 2.45) is 5.92 Å². The molecule has 0 heterocycles. The zero-order valence-electron chi connectivity index (χ0n) is 15.7. The lowest BCUT2D eigenvalue weighted by molar-refractivity contribution is -0.143. The van der Waals surface area contributed by atoms with Crippen LogP contribution in [0.3, 0.4) is 0 Å². The third kappa shape index (κ3) is 8.97. The van der Waals surface area contributed by atoms with Gasteiger partial charge in [0.15, 0.2) is 18.1 Å². The first-order valence-corrected chi connectivity index (χ1v) is 8.26. The van der Waals surface area contributed by atoms with Gasteiger partial charge in [-0.25, -0.2) is 9.59 Å². The van der Waals surface area contributed by atoms with Crippen LogP contribution in [-0.2, 0) is 14.3 Å². The van der Waals surface area contributed by atoms with Crippen molar-refractivity contribution < 1.29 is 37.4 Å². The smallest absolute Gasteiger partial charge is 0.387 e. The summed E-state index contributed by atoms with van der Waals surface area (Å²) in [6.07, 6.45) is 2.37. The maximum Gasteiger partial charge on any atom is 0.387 e. The molecule has 28 heavy (non-hydrogen) atoms. The molecule has 1 aromatic carbocycles. The average Bonchev–Trinajstić information content (AvgIpc) is 2.63. The number of hydrogen-bond donors (Lipinski definition) is 2. The van der Waals surface area contributed by atoms with Gasteiger partial charge < -0.3 is 19.5 Å². The largest absolute Gasteiger partial charge is 0.493 e. The highest BCUT2D eigenvalue weighted by Crippen LogP contribution is 2.29. The first-order valence-electron chi connectivity index (χ1n) is 8.26. The molecule has 0 bridgehead atoms. The number of carbonyl (C=O) groups is 3. The summed E-state index contributed by atoms with van der Waals surface area (Å²) in [5, 5.41) is 4.50. The number of carbonyl (C=O) groups excluding carboxylic acids is 3. The molecule has 0 fully saturated rings. The Kier molecular flexibility index (Phi) is 9.41. The SMILES string of the molecule is COc1cc(/C=C/C(=O)OCC(=O)NC(=O)NCC(C)C)ccc1OC(F)F. The molecular weight excluding hydrogens is 378 g/mol. The molecule has 8 nitrogen and oxygen atoms in total. The molecule has 0 atom stereocenters. The third-order valence-corrected chi connectivity index (χ3v) is 3.08. The van der Waals surface area contributed by atoms with Crippen LogP contribution in [0.25, 0.3) is 6.08 Å². The van der Waals surface area contributed by atoms with Crippen LogP contribution in [0.1, 0.15) is 19.4 Å². The van der Waals surface area contributed by atoms with Crippen molar-refractivity contribution in [3.63, 3.8) is 0 Å². The van der Waals surface area contributed by atoms with Crippen LogP contribution < -0.4 is 20.1 Å². The first kappa shape index (κ1) is 22.9. The van der Waals surface area contributed by atoms with E-state index in [4.69, 9.17) is 9.47 Å². The van der Waals surface area contributed by atoms with E-state index in [1.807, 2.05) is 19.2 Å². The summed E-state index contributed by atoms with van der Waals surface area (Å²) in [6, 6.07) is 3.39. The number of ether oxygens (including phenoxy) is 3. The van der Waals surface area contributed by atoms with Crippen LogP contribution in [0.4, 0.5) is 13.6 Å². The van der Waals surface area contributed by atoms with E-state index in [1.165, 1.54) is 31.4 Å². The van der Waals surface area contributed by atoms with E-state index < -0.39 is 31.1 Å². The molecule has 1 aromatic rings. The molecule has 3 amide bonds. The molecule has 10 heteroatoms. The maximum absolute atomic E-state index is 12.3. The van der Waals surface area contributed by atoms with Gasteiger partial charge in [-0.3, -0.25) is 10.1 Å². The minimum Gasteiger partial charge on any atom is -0.493 e. The minimum atomic E-state index is -3.00. The Hall–Kier alpha value is -3.17. The number of methoxy groups -OCH3 is 1. The van der Waals surface area contributed by atoms with Gasteiger partial charge in [0, 0.05) is 12.6 Å². The number of imide groups is 1. The molecule has 0 aliphatic heterocycles. The standard InChI is InChI=1S/C18H22F2N2O6/c1-11(2)9-21-18(25)22-15(23)10-27-16(24)7-5-12-4-6-13(28-17(19)20)14(8-12)26-3/h4-8,11,17H,9-10H2,1-3H3,(H2,21,22,23,25)/b7-5+. The van der Waals surface area contributed by atoms with Gasteiger partial charge in [0.1, 0.15) is 0 Å². The van der Waals surface area contributed by atoms with E-state index in [9.17, 15) is 23.2 Å². The van der Waals surface area contributed by atoms with Gasteiger partial charge in [-0.15, -0.1) is 0 Å². The number of halogens is 2. The summed E-state index contributed by atoms with van der Waals surface area (Å²) in [7, 11) is 1.28. The summed E-state index contributed by atoms with van der Waals surface area (Å²) in [4.78, 5) is 34.6. The second kappa shape index (κ2) is 11.5. The fourth-order valence-electron chi connectivity index (χ4n) is 1.83. The summed E-state index contributed by atoms with van der Waals surface area (Å²) < 4.78 is 38.5. The number of rotatable bonds is 9. The predicted molar refractivity (Wildman–Crippen MR) is 96.0 cm³/mol. The average molecular weight is 400 g/mol. The molecule has 0 aliphatic rings. The third-order valence-electron chi connectivity index (χ3n) is 3.08. The van der Waals surface area contributed by atoms with Crippen molar-refractivity contribution in [3.05, 3.63) is 29.8 Å². The van der Waals surface area contributed by atoms with Crippen LogP contribution in [0.15, 0.2) is 24.3 Å². The number of amides is 3. The van der Waals surface area contributed by atoms with E-state index in [0.29, 0.717) is 12.1 Å². The molecule has 154 valence electrons. The van der Waals surface area contributed by atoms with Crippen molar-refractivity contribution in [1.82, 2.24) is 10.6 Å². The molecule has 0 aromatic heterocycles. The number of nitrogens with one attached hydrogen (secondary N) is 2. The van der Waals surface area contributed by atoms with E-state index in [0.717, 1.165) is 6.08 Å². The van der Waals surface area contributed by atoms with Crippen molar-refractivity contribution in [2.75, 3.05) is 20.3 Å². The fourth-order valence-corrected chi connectivity index (χ4v) is 1.83. The summed E-state index contributed by atoms with van der Waals surface area (Å²) in [5.41, 5.74) is 0.452. The van der Waals surface area contributed by atoms with Crippen LogP contribution in [0.2, 0.25) is 0 Å². The summed E-state index contributed by atoms with van der Waals surface area (Å²) in [5.74, 6) is -1.48. The van der Waals surface area contributed by atoms with E-state index in [-0.39, 0.29) is 17.4 Å². The van der Waals surface area contributed by atoms with E-state index >= 15 is 0 Å². The number of alkyl halides is 2. The Bertz CT molecular complexity index is 722. The van der Waals surface area contributed by atoms with Gasteiger partial charge >= 0.3 is 18.6 Å². The lowest BCUT2D eigenvalue weighted by atomic mass is 10.2. The Balaban J connectivity index is 2.51. The highest BCUT2D eigenvalue weighted by Gasteiger charge is 2.11. The number of benzene rings is 1. The summed E-state index contributed by atoms with van der Waals surface area (Å²) in [6.45, 7) is 0.551. The quantitative estimate of drug-likeness (QED) is 0.487. The molecule has 0 saturated heterocycles. The molecule has 1 rings (SSSR count). The van der Waals surface area contributed by atoms with Crippen molar-refractivity contribution in [2.45, 2.75) is 20.5 Å². The fraction of sp³-hybridized carbons (Fsp3) is 0.389. The molecule has 0 radical (unpaired) electrons. The normalized spacial score (nSPS) is 10.8. The maximum atomic E-state index is 12.3. The Labute approximate surface area is 160 Å². The lowest BCUT2D eigenvalue weighted by Crippen LogP contribution is -2.42. The van der Waals surface area contributed by atoms with E-state index in [2.05, 4.69) is 10.1 Å². The van der Waals surface area contributed by atoms with Crippen LogP contribution in [0, 0.1) is 5.92 Å². The Morgan fingerprint density at radius 1 is 1.18 bits per heavy atom. The monoisotopic (exact) mass is 400 g/mol. The van der Waals surface area contributed by atoms with Crippen LogP contribution in [-0.4, -0.2) is 44.8 Å². The Morgan fingerprint density at radius 3 is 2.50 bits per heavy atom. The molecule has 0 saturated carbocycles. The van der Waals surface area contributed by atoms with Gasteiger partial charge in [0.25, 0.3) is 5.91 Å². The summed E-state index contributed by atoms with van der Waals surface area (Å²) >= 11 is 0. The minimum absolute atomic E-state index is 0.0580. The Morgan fingerprint density at radius 2 is 1.89 bits per heavy atom. The van der Waals surface area contributed by atoms with Crippen molar-refractivity contribution in [3.8, 4) is 11.5 Å². The van der Waals surface area contributed by atoms with Crippen LogP contribution in [0.5, 0.6) is 11.5 Å². The topological polar surface area (TPSA) is 103 Å². The van der Waals surface area contributed by atoms with Gasteiger partial charge in [-0.2, -0.15) is 8.78 Å². The second-order valence-electron chi connectivity index (χ2n) is 5.88. The van der Waals surface area contributed by atoms with Crippen LogP contribution >= 0.6 is 0 Å². The second-order valence-corrected chi connectivity index (χ2v) is 5.88. The highest BCUT2D eigenvalue weighted by molar-refractivity contribution is 5.96. The molecule has 0 spiro atoms. The number of esters is 1. The number of urea groups is 1. The van der Waals surface area contributed by atoms with Gasteiger partial charge in [-0.1, -0.05) is 19.9 Å². The van der Waals surface area contributed by atoms with Gasteiger partial charge in [0.2, 0.25) is 0 Å². The van der Waals surface area contributed by atoms with Crippen molar-refractivity contribution >= 4 is 24.0 Å². The molecular formula is C18H22F2N2O6. The number of hydrogen-bond acceptors (Lipinski definition) is 6. The zero-order chi connectivity index (χ0) is 21.1. The van der Waals surface area contributed by atoms with Crippen molar-refractivity contribution in [1.29, 1.82) is 0 Å². The zero-order valence-corrected chi connectivity index (χ0v) is 15.7. The van der Waals surface area contributed by atoms with E-state index in [1.54, 1.807) is 0 Å². The van der Waals surface area contributed by atoms with Gasteiger partial charge in [0.05, 0.1) is 7.11 Å². The van der Waals surface area contributed by atoms with Gasteiger partial charge in [-0.05, 0) is 29.7 Å². The highest BCUT2D eigenvalue weighted by atomic mass is 19.3. The predicted octanol–water partition coefficient (Wildman–Crippen LogP) is 2.33. The molecule has 0 unspecified atom stereocenters. The first-order chi connectivity index (χ1) is 13.2. The molecule has 2 N–H and O–H groups in total. The lowest BCUT2D eigenvalue weighted by Gasteiger charge is -2.10.